The van der Waals surface area contributed by atoms with Crippen molar-refractivity contribution in [3.63, 3.8) is 0 Å². The van der Waals surface area contributed by atoms with Crippen LogP contribution in [0.3, 0.4) is 0 Å². The largest absolute Gasteiger partial charge is 0.451 e. The van der Waals surface area contributed by atoms with Crippen LogP contribution in [-0.4, -0.2) is 32.6 Å². The molecule has 2 N–H and O–H groups in total. The Morgan fingerprint density at radius 1 is 0.963 bits per heavy atom. The maximum absolute atomic E-state index is 12.7. The molecule has 0 radical (unpaired) electrons. The first-order valence-corrected chi connectivity index (χ1v) is 8.32. The van der Waals surface area contributed by atoms with Crippen molar-refractivity contribution in [1.82, 2.24) is 0 Å². The summed E-state index contributed by atoms with van der Waals surface area (Å²) in [7, 11) is 3.01. The Bertz CT molecular complexity index is 964. The lowest BCUT2D eigenvalue weighted by Gasteiger charge is -2.08. The highest BCUT2D eigenvalue weighted by Gasteiger charge is 2.20. The zero-order valence-electron chi connectivity index (χ0n) is 15.1. The molecule has 2 aromatic carbocycles. The summed E-state index contributed by atoms with van der Waals surface area (Å²) in [6.45, 7) is 0.211. The molecule has 0 saturated heterocycles. The zero-order chi connectivity index (χ0) is 19.2. The van der Waals surface area contributed by atoms with Crippen molar-refractivity contribution in [2.24, 2.45) is 0 Å². The Morgan fingerprint density at radius 3 is 2.44 bits per heavy atom. The highest BCUT2D eigenvalue weighted by molar-refractivity contribution is 6.06. The predicted octanol–water partition coefficient (Wildman–Crippen LogP) is 3.42. The Balaban J connectivity index is 1.82. The number of furan rings is 1. The van der Waals surface area contributed by atoms with Gasteiger partial charge in [0.05, 0.1) is 6.61 Å². The molecule has 3 rings (SSSR count). The molecule has 0 bridgehead atoms. The van der Waals surface area contributed by atoms with Crippen molar-refractivity contribution >= 4 is 34.2 Å². The summed E-state index contributed by atoms with van der Waals surface area (Å²) in [4.78, 5) is 24.4. The highest BCUT2D eigenvalue weighted by atomic mass is 16.5. The lowest BCUT2D eigenvalue weighted by atomic mass is 10.1. The van der Waals surface area contributed by atoms with Crippen LogP contribution < -0.4 is 10.6 Å². The minimum atomic E-state index is -0.390. The van der Waals surface area contributed by atoms with Gasteiger partial charge in [-0.2, -0.15) is 0 Å². The van der Waals surface area contributed by atoms with Gasteiger partial charge in [0.1, 0.15) is 12.2 Å². The summed E-state index contributed by atoms with van der Waals surface area (Å²) in [5, 5.41) is 6.32. The van der Waals surface area contributed by atoms with Crippen LogP contribution in [0.1, 0.15) is 16.1 Å². The van der Waals surface area contributed by atoms with Crippen LogP contribution in [0.15, 0.2) is 52.9 Å². The van der Waals surface area contributed by atoms with Crippen molar-refractivity contribution in [2.45, 2.75) is 6.61 Å². The minimum Gasteiger partial charge on any atom is -0.451 e. The van der Waals surface area contributed by atoms with E-state index in [4.69, 9.17) is 13.9 Å². The Kier molecular flexibility index (Phi) is 5.85. The first kappa shape index (κ1) is 18.6. The fourth-order valence-corrected chi connectivity index (χ4v) is 2.76. The van der Waals surface area contributed by atoms with E-state index < -0.39 is 5.91 Å². The van der Waals surface area contributed by atoms with E-state index in [0.29, 0.717) is 22.5 Å². The molecule has 0 saturated carbocycles. The summed E-state index contributed by atoms with van der Waals surface area (Å²) in [6, 6.07) is 14.2. The molecule has 0 unspecified atom stereocenters. The second-order valence-corrected chi connectivity index (χ2v) is 5.86. The van der Waals surface area contributed by atoms with Gasteiger partial charge in [-0.3, -0.25) is 9.59 Å². The van der Waals surface area contributed by atoms with Crippen LogP contribution in [0.5, 0.6) is 0 Å². The van der Waals surface area contributed by atoms with Crippen molar-refractivity contribution < 1.29 is 23.5 Å². The number of methoxy groups -OCH3 is 2. The average molecular weight is 368 g/mol. The molecule has 3 aromatic rings. The molecular weight excluding hydrogens is 348 g/mol. The van der Waals surface area contributed by atoms with Crippen LogP contribution >= 0.6 is 0 Å². The summed E-state index contributed by atoms with van der Waals surface area (Å²) in [5.74, 6) is -0.467. The Hall–Kier alpha value is -3.16. The highest BCUT2D eigenvalue weighted by Crippen LogP contribution is 2.27. The molecule has 0 aliphatic rings. The van der Waals surface area contributed by atoms with Crippen molar-refractivity contribution in [2.75, 3.05) is 31.5 Å². The number of anilines is 2. The number of rotatable bonds is 7. The second-order valence-electron chi connectivity index (χ2n) is 5.86. The maximum Gasteiger partial charge on any atom is 0.291 e. The lowest BCUT2D eigenvalue weighted by Crippen LogP contribution is -2.17. The minimum absolute atomic E-state index is 0.0457. The van der Waals surface area contributed by atoms with Gasteiger partial charge >= 0.3 is 0 Å². The van der Waals surface area contributed by atoms with E-state index in [1.165, 1.54) is 7.11 Å². The van der Waals surface area contributed by atoms with E-state index in [9.17, 15) is 9.59 Å². The van der Waals surface area contributed by atoms with Crippen molar-refractivity contribution in [3.8, 4) is 0 Å². The number of nitrogens with one attached hydrogen (secondary N) is 2. The summed E-state index contributed by atoms with van der Waals surface area (Å²) in [5.41, 5.74) is 2.39. The van der Waals surface area contributed by atoms with Gasteiger partial charge in [0.15, 0.2) is 5.76 Å². The van der Waals surface area contributed by atoms with Crippen LogP contribution in [0.25, 0.3) is 11.0 Å². The molecule has 2 amide bonds. The number of para-hydroxylation sites is 1. The molecule has 0 aliphatic heterocycles. The zero-order valence-corrected chi connectivity index (χ0v) is 15.1. The van der Waals surface area contributed by atoms with Crippen LogP contribution in [-0.2, 0) is 20.9 Å². The fraction of sp³-hybridized carbons (Fsp3) is 0.200. The standard InChI is InChI=1S/C20H20N2O5/c1-25-11-16-15-8-3-4-9-17(15)27-19(16)20(24)22-14-7-5-6-13(10-14)21-18(23)12-26-2/h3-10H,11-12H2,1-2H3,(H,21,23)(H,22,24). The molecule has 0 atom stereocenters. The summed E-state index contributed by atoms with van der Waals surface area (Å²) < 4.78 is 15.7. The molecule has 7 nitrogen and oxygen atoms in total. The first-order valence-electron chi connectivity index (χ1n) is 8.32. The molecule has 27 heavy (non-hydrogen) atoms. The number of carbonyl (C=O) groups is 2. The first-order chi connectivity index (χ1) is 13.1. The van der Waals surface area contributed by atoms with E-state index >= 15 is 0 Å². The molecule has 1 heterocycles. The predicted molar refractivity (Wildman–Crippen MR) is 102 cm³/mol. The van der Waals surface area contributed by atoms with Gasteiger partial charge in [0, 0.05) is 36.5 Å². The molecule has 0 aliphatic carbocycles. The van der Waals surface area contributed by atoms with Gasteiger partial charge in [-0.1, -0.05) is 24.3 Å². The SMILES string of the molecule is COCC(=O)Nc1cccc(NC(=O)c2oc3ccccc3c2COC)c1. The molecular formula is C20H20N2O5. The summed E-state index contributed by atoms with van der Waals surface area (Å²) in [6.07, 6.45) is 0. The number of fused-ring (bicyclic) bond motifs is 1. The fourth-order valence-electron chi connectivity index (χ4n) is 2.76. The molecule has 140 valence electrons. The van der Waals surface area contributed by atoms with Crippen LogP contribution in [0.4, 0.5) is 11.4 Å². The van der Waals surface area contributed by atoms with Crippen molar-refractivity contribution in [3.05, 3.63) is 59.9 Å². The van der Waals surface area contributed by atoms with E-state index in [1.807, 2.05) is 18.2 Å². The Morgan fingerprint density at radius 2 is 1.70 bits per heavy atom. The quantitative estimate of drug-likeness (QED) is 0.667. The van der Waals surface area contributed by atoms with E-state index in [1.54, 1.807) is 37.4 Å². The lowest BCUT2D eigenvalue weighted by molar-refractivity contribution is -0.119. The summed E-state index contributed by atoms with van der Waals surface area (Å²) >= 11 is 0. The average Bonchev–Trinajstić information content (AvgIpc) is 3.01. The van der Waals surface area contributed by atoms with Gasteiger partial charge in [0.25, 0.3) is 5.91 Å². The third-order valence-electron chi connectivity index (χ3n) is 3.87. The molecule has 0 spiro atoms. The number of amides is 2. The monoisotopic (exact) mass is 368 g/mol. The molecule has 1 aromatic heterocycles. The maximum atomic E-state index is 12.7. The number of hydrogen-bond acceptors (Lipinski definition) is 5. The topological polar surface area (TPSA) is 89.8 Å². The van der Waals surface area contributed by atoms with Gasteiger partial charge in [0.2, 0.25) is 5.91 Å². The van der Waals surface area contributed by atoms with Gasteiger partial charge in [-0.15, -0.1) is 0 Å². The molecule has 7 heteroatoms. The normalized spacial score (nSPS) is 10.7. The van der Waals surface area contributed by atoms with Crippen molar-refractivity contribution in [1.29, 1.82) is 0 Å². The van der Waals surface area contributed by atoms with Crippen LogP contribution in [0, 0.1) is 0 Å². The van der Waals surface area contributed by atoms with Crippen LogP contribution in [0.2, 0.25) is 0 Å². The van der Waals surface area contributed by atoms with Gasteiger partial charge < -0.3 is 24.5 Å². The van der Waals surface area contributed by atoms with Gasteiger partial charge in [-0.05, 0) is 24.3 Å². The third-order valence-corrected chi connectivity index (χ3v) is 3.87. The smallest absolute Gasteiger partial charge is 0.291 e. The number of benzene rings is 2. The van der Waals surface area contributed by atoms with E-state index in [0.717, 1.165) is 5.39 Å². The Labute approximate surface area is 156 Å². The second kappa shape index (κ2) is 8.48. The number of hydrogen-bond donors (Lipinski definition) is 2. The number of carbonyl (C=O) groups excluding carboxylic acids is 2. The molecule has 0 fully saturated rings. The van der Waals surface area contributed by atoms with Gasteiger partial charge in [-0.25, -0.2) is 0 Å². The van der Waals surface area contributed by atoms with E-state index in [-0.39, 0.29) is 24.9 Å². The van der Waals surface area contributed by atoms with E-state index in [2.05, 4.69) is 10.6 Å². The number of ether oxygens (including phenoxy) is 2. The third kappa shape index (κ3) is 4.33.